The molecule has 0 spiro atoms. The highest BCUT2D eigenvalue weighted by Gasteiger charge is 2.19. The van der Waals surface area contributed by atoms with Crippen LogP contribution in [-0.2, 0) is 0 Å². The van der Waals surface area contributed by atoms with E-state index in [1.807, 2.05) is 78.9 Å². The summed E-state index contributed by atoms with van der Waals surface area (Å²) in [7, 11) is 0. The predicted molar refractivity (Wildman–Crippen MR) is 242 cm³/mol. The molecule has 5 aromatic carbocycles. The second kappa shape index (κ2) is 15.3. The second-order valence-electron chi connectivity index (χ2n) is 14.3. The first kappa shape index (κ1) is 36.1. The van der Waals surface area contributed by atoms with Crippen molar-refractivity contribution in [1.29, 1.82) is 10.5 Å². The molecule has 8 bridgehead atoms. The van der Waals surface area contributed by atoms with Crippen molar-refractivity contribution in [1.82, 2.24) is 19.9 Å². The van der Waals surface area contributed by atoms with Gasteiger partial charge in [0.05, 0.1) is 38.9 Å². The van der Waals surface area contributed by atoms with Gasteiger partial charge in [-0.15, -0.1) is 0 Å². The number of ether oxygens (including phenoxy) is 1. The number of benzene rings is 5. The van der Waals surface area contributed by atoms with Gasteiger partial charge in [0.15, 0.2) is 0 Å². The van der Waals surface area contributed by atoms with Gasteiger partial charge in [0, 0.05) is 50.4 Å². The van der Waals surface area contributed by atoms with Crippen molar-refractivity contribution in [2.24, 2.45) is 0 Å². The fourth-order valence-corrected chi connectivity index (χ4v) is 8.07. The second-order valence-corrected chi connectivity index (χ2v) is 14.7. The van der Waals surface area contributed by atoms with E-state index in [1.165, 1.54) is 12.1 Å². The molecule has 60 heavy (non-hydrogen) atoms. The van der Waals surface area contributed by atoms with Gasteiger partial charge >= 0.3 is 0 Å². The molecule has 10 rings (SSSR count). The third-order valence-electron chi connectivity index (χ3n) is 10.6. The monoisotopic (exact) mass is 790 g/mol. The highest BCUT2D eigenvalue weighted by Crippen LogP contribution is 2.39. The minimum Gasteiger partial charge on any atom is -0.456 e. The van der Waals surface area contributed by atoms with E-state index in [0.29, 0.717) is 5.75 Å². The maximum atomic E-state index is 9.60. The molecule has 0 unspecified atom stereocenters. The first-order valence-electron chi connectivity index (χ1n) is 19.3. The summed E-state index contributed by atoms with van der Waals surface area (Å²) >= 11 is 6.48. The van der Waals surface area contributed by atoms with Crippen molar-refractivity contribution >= 4 is 58.0 Å². The highest BCUT2D eigenvalue weighted by molar-refractivity contribution is 6.32. The summed E-state index contributed by atoms with van der Waals surface area (Å²) in [5, 5.41) is 19.3. The summed E-state index contributed by atoms with van der Waals surface area (Å²) in [5.74, 6) is 0.796. The first-order valence-corrected chi connectivity index (χ1v) is 19.7. The van der Waals surface area contributed by atoms with Gasteiger partial charge in [-0.2, -0.15) is 10.5 Å². The van der Waals surface area contributed by atoms with Gasteiger partial charge in [-0.25, -0.2) is 9.97 Å². The molecule has 7 nitrogen and oxygen atoms in total. The number of hydrogen-bond donors (Lipinski definition) is 2. The van der Waals surface area contributed by atoms with Crippen molar-refractivity contribution in [2.75, 3.05) is 0 Å². The molecule has 0 saturated carbocycles. The van der Waals surface area contributed by atoms with Crippen molar-refractivity contribution in [2.45, 2.75) is 0 Å². The van der Waals surface area contributed by atoms with Crippen molar-refractivity contribution < 1.29 is 4.74 Å². The summed E-state index contributed by atoms with van der Waals surface area (Å²) in [6.07, 6.45) is 8.33. The Morgan fingerprint density at radius 2 is 0.783 bits per heavy atom. The smallest absolute Gasteiger partial charge is 0.147 e. The zero-order valence-corrected chi connectivity index (χ0v) is 32.6. The molecule has 8 aromatic rings. The molecule has 8 heteroatoms. The van der Waals surface area contributed by atoms with E-state index in [4.69, 9.17) is 26.3 Å². The van der Waals surface area contributed by atoms with Crippen LogP contribution in [0.4, 0.5) is 0 Å². The number of hydrogen-bond acceptors (Lipinski definition) is 5. The van der Waals surface area contributed by atoms with Crippen LogP contribution in [0.2, 0.25) is 5.02 Å². The number of nitrogens with one attached hydrogen (secondary N) is 2. The molecule has 0 amide bonds. The third-order valence-corrected chi connectivity index (χ3v) is 10.9. The lowest BCUT2D eigenvalue weighted by molar-refractivity contribution is 0.483. The molecule has 0 radical (unpaired) electrons. The molecule has 2 aliphatic rings. The predicted octanol–water partition coefficient (Wildman–Crippen LogP) is 13.5. The Bertz CT molecular complexity index is 3260. The Balaban J connectivity index is 1.25. The number of aromatic nitrogens is 4. The zero-order valence-electron chi connectivity index (χ0n) is 31.8. The Morgan fingerprint density at radius 1 is 0.433 bits per heavy atom. The lowest BCUT2D eigenvalue weighted by Gasteiger charge is -2.10. The number of nitrogens with zero attached hydrogens (tertiary/aromatic N) is 4. The van der Waals surface area contributed by atoms with Gasteiger partial charge in [0.25, 0.3) is 0 Å². The van der Waals surface area contributed by atoms with Crippen LogP contribution in [0.1, 0.15) is 33.9 Å². The maximum Gasteiger partial charge on any atom is 0.147 e. The van der Waals surface area contributed by atoms with Crippen molar-refractivity contribution in [3.63, 3.8) is 0 Å². The fourth-order valence-electron chi connectivity index (χ4n) is 7.87. The topological polar surface area (TPSA) is 114 Å². The Kier molecular flexibility index (Phi) is 9.19. The van der Waals surface area contributed by atoms with Crippen LogP contribution in [0.25, 0.3) is 90.9 Å². The van der Waals surface area contributed by atoms with Crippen LogP contribution in [0.3, 0.4) is 0 Å². The van der Waals surface area contributed by atoms with Gasteiger partial charge in [-0.1, -0.05) is 115 Å². The van der Waals surface area contributed by atoms with E-state index in [9.17, 15) is 10.5 Å². The largest absolute Gasteiger partial charge is 0.456 e. The van der Waals surface area contributed by atoms with Gasteiger partial charge in [-0.3, -0.25) is 0 Å². The molecule has 2 aliphatic heterocycles. The number of aromatic amines is 2. The molecular formula is C52H31ClN6O. The van der Waals surface area contributed by atoms with Gasteiger partial charge in [-0.05, 0) is 89.0 Å². The molecule has 2 N–H and O–H groups in total. The molecule has 5 heterocycles. The van der Waals surface area contributed by atoms with E-state index in [2.05, 4.69) is 107 Å². The normalized spacial score (nSPS) is 11.6. The number of H-pyrrole nitrogens is 2. The van der Waals surface area contributed by atoms with Crippen LogP contribution in [-0.4, -0.2) is 19.9 Å². The number of fused-ring (bicyclic) bond motifs is 8. The van der Waals surface area contributed by atoms with E-state index < -0.39 is 0 Å². The molecule has 0 fully saturated rings. The van der Waals surface area contributed by atoms with E-state index in [0.717, 1.165) is 89.4 Å². The molecule has 0 saturated heterocycles. The molecule has 0 atom stereocenters. The van der Waals surface area contributed by atoms with Gasteiger partial charge in [0.2, 0.25) is 0 Å². The van der Waals surface area contributed by atoms with E-state index >= 15 is 0 Å². The number of halogens is 1. The van der Waals surface area contributed by atoms with E-state index in [-0.39, 0.29) is 21.9 Å². The summed E-state index contributed by atoms with van der Waals surface area (Å²) < 4.78 is 6.16. The number of rotatable bonds is 6. The molecule has 282 valence electrons. The minimum absolute atomic E-state index is 0.188. The first-order chi connectivity index (χ1) is 29.5. The summed E-state index contributed by atoms with van der Waals surface area (Å²) in [6.45, 7) is 0. The Labute approximate surface area is 350 Å². The number of nitriles is 2. The van der Waals surface area contributed by atoms with Crippen LogP contribution in [0.5, 0.6) is 11.5 Å². The van der Waals surface area contributed by atoms with Crippen LogP contribution in [0, 0.1) is 22.7 Å². The Hall–Kier alpha value is -8.23. The SMILES string of the molecule is N#Cc1cc(Cl)c(Oc2ccc(-c3c4nc(c(-c5ccccc5)c5ccc([nH]5)c(-c5ccccc5)c5nc(c(-c6ccccc6)c6ccc3[nH]6)C=C5)C=C4)cc2)cc1C#N. The van der Waals surface area contributed by atoms with Crippen molar-refractivity contribution in [3.05, 3.63) is 191 Å². The highest BCUT2D eigenvalue weighted by atomic mass is 35.5. The van der Waals surface area contributed by atoms with Crippen molar-refractivity contribution in [3.8, 4) is 68.1 Å². The Morgan fingerprint density at radius 3 is 1.15 bits per heavy atom. The lowest BCUT2D eigenvalue weighted by atomic mass is 10.0. The third kappa shape index (κ3) is 6.62. The van der Waals surface area contributed by atoms with Crippen LogP contribution in [0.15, 0.2) is 152 Å². The summed E-state index contributed by atoms with van der Waals surface area (Å²) in [5.41, 5.74) is 15.1. The fraction of sp³-hybridized carbons (Fsp3) is 0. The average Bonchev–Trinajstić information content (AvgIpc) is 4.14. The van der Waals surface area contributed by atoms with Crippen LogP contribution < -0.4 is 4.74 Å². The minimum atomic E-state index is 0.188. The quantitative estimate of drug-likeness (QED) is 0.174. The summed E-state index contributed by atoms with van der Waals surface area (Å²) in [6, 6.07) is 54.1. The maximum absolute atomic E-state index is 9.60. The van der Waals surface area contributed by atoms with E-state index in [1.54, 1.807) is 0 Å². The lowest BCUT2D eigenvalue weighted by Crippen LogP contribution is -1.91. The standard InChI is InChI=1S/C52H31ClN6O/c53-39-28-36(30-54)37(31-55)29-48(39)60-38-18-16-35(17-19-38)52-46-26-24-44(58-46)50(33-12-6-2-7-13-33)42-22-20-40(56-42)49(32-10-4-1-5-11-32)41-21-23-43(57-41)51(34-14-8-3-9-15-34)45-25-27-47(52)59-45/h1-29,56,59H. The summed E-state index contributed by atoms with van der Waals surface area (Å²) in [4.78, 5) is 18.3. The van der Waals surface area contributed by atoms with Gasteiger partial charge < -0.3 is 14.7 Å². The molecular weight excluding hydrogens is 760 g/mol. The molecule has 0 aliphatic carbocycles. The average molecular weight is 791 g/mol. The van der Waals surface area contributed by atoms with Crippen LogP contribution >= 0.6 is 11.6 Å². The van der Waals surface area contributed by atoms with Gasteiger partial charge in [0.1, 0.15) is 23.6 Å². The molecule has 3 aromatic heterocycles. The zero-order chi connectivity index (χ0) is 40.6.